The molecule has 3 rings (SSSR count). The lowest BCUT2D eigenvalue weighted by Crippen LogP contribution is -2.00. The Labute approximate surface area is 153 Å². The van der Waals surface area contributed by atoms with Crippen LogP contribution in [-0.2, 0) is 0 Å². The molecule has 0 spiro atoms. The molecule has 0 bridgehead atoms. The largest absolute Gasteiger partial charge is 0.457 e. The highest BCUT2D eigenvalue weighted by Gasteiger charge is 2.03. The predicted molar refractivity (Wildman–Crippen MR) is 105 cm³/mol. The van der Waals surface area contributed by atoms with Crippen LogP contribution in [0.2, 0.25) is 5.02 Å². The van der Waals surface area contributed by atoms with Crippen molar-refractivity contribution in [2.75, 3.05) is 0 Å². The molecule has 0 aliphatic rings. The minimum Gasteiger partial charge on any atom is -0.457 e. The van der Waals surface area contributed by atoms with Gasteiger partial charge < -0.3 is 9.30 Å². The molecule has 4 heteroatoms. The fourth-order valence-electron chi connectivity index (χ4n) is 2.66. The van der Waals surface area contributed by atoms with E-state index in [1.54, 1.807) is 6.07 Å². The number of rotatable bonds is 5. The first-order valence-corrected chi connectivity index (χ1v) is 8.65. The van der Waals surface area contributed by atoms with E-state index in [0.29, 0.717) is 16.8 Å². The van der Waals surface area contributed by atoms with Gasteiger partial charge in [0.15, 0.2) is 0 Å². The molecule has 0 aliphatic carbocycles. The van der Waals surface area contributed by atoms with Gasteiger partial charge in [-0.05, 0) is 69.3 Å². The lowest BCUT2D eigenvalue weighted by atomic mass is 10.3. The van der Waals surface area contributed by atoms with E-state index in [4.69, 9.17) is 16.3 Å². The summed E-state index contributed by atoms with van der Waals surface area (Å²) in [5.41, 5.74) is 3.22. The average Bonchev–Trinajstić information content (AvgIpc) is 2.95. The maximum atomic E-state index is 5.97. The summed E-state index contributed by atoms with van der Waals surface area (Å²) >= 11 is 5.97. The molecule has 128 valence electrons. The molecule has 25 heavy (non-hydrogen) atoms. The number of benzene rings is 2. The Morgan fingerprint density at radius 1 is 1.04 bits per heavy atom. The van der Waals surface area contributed by atoms with Crippen LogP contribution in [0.15, 0.2) is 65.8 Å². The molecule has 2 aromatic carbocycles. The molecular weight excluding hydrogens is 332 g/mol. The third-order valence-corrected chi connectivity index (χ3v) is 4.09. The van der Waals surface area contributed by atoms with Gasteiger partial charge in [0.1, 0.15) is 11.5 Å². The maximum Gasteiger partial charge on any atom is 0.128 e. The molecule has 0 unspecified atom stereocenters. The topological polar surface area (TPSA) is 26.5 Å². The molecule has 0 saturated heterocycles. The number of nitrogens with zero attached hydrogens (tertiary/aromatic N) is 2. The second-order valence-corrected chi connectivity index (χ2v) is 6.66. The lowest BCUT2D eigenvalue weighted by molar-refractivity contribution is 0.483. The number of aromatic nitrogens is 1. The van der Waals surface area contributed by atoms with Crippen LogP contribution in [0.1, 0.15) is 31.1 Å². The van der Waals surface area contributed by atoms with Crippen molar-refractivity contribution in [1.29, 1.82) is 0 Å². The van der Waals surface area contributed by atoms with Gasteiger partial charge in [0.25, 0.3) is 0 Å². The predicted octanol–water partition coefficient (Wildman–Crippen LogP) is 6.57. The Morgan fingerprint density at radius 3 is 2.44 bits per heavy atom. The SMILES string of the molecule is Cc1cc(C=Nc2ccc(Oc3cccc(Cl)c3)cc2)cn1C(C)C. The van der Waals surface area contributed by atoms with Crippen LogP contribution in [0.4, 0.5) is 5.69 Å². The summed E-state index contributed by atoms with van der Waals surface area (Å²) in [7, 11) is 0. The van der Waals surface area contributed by atoms with Crippen LogP contribution in [0, 0.1) is 6.92 Å². The Bertz CT molecular complexity index is 879. The molecule has 1 aromatic heterocycles. The van der Waals surface area contributed by atoms with Crippen molar-refractivity contribution >= 4 is 23.5 Å². The molecule has 3 nitrogen and oxygen atoms in total. The van der Waals surface area contributed by atoms with Crippen molar-refractivity contribution in [2.45, 2.75) is 26.8 Å². The Morgan fingerprint density at radius 2 is 1.80 bits per heavy atom. The number of aryl methyl sites for hydroxylation is 1. The van der Waals surface area contributed by atoms with Crippen molar-refractivity contribution in [3.63, 3.8) is 0 Å². The van der Waals surface area contributed by atoms with E-state index < -0.39 is 0 Å². The highest BCUT2D eigenvalue weighted by Crippen LogP contribution is 2.26. The summed E-state index contributed by atoms with van der Waals surface area (Å²) in [5, 5.41) is 0.655. The molecule has 0 saturated carbocycles. The first-order valence-electron chi connectivity index (χ1n) is 8.27. The quantitative estimate of drug-likeness (QED) is 0.477. The smallest absolute Gasteiger partial charge is 0.128 e. The standard InChI is InChI=1S/C21H21ClN2O/c1-15(2)24-14-17(11-16(24)3)13-23-19-7-9-20(10-8-19)25-21-6-4-5-18(22)12-21/h4-15H,1-3H3. The van der Waals surface area contributed by atoms with Crippen LogP contribution >= 0.6 is 11.6 Å². The van der Waals surface area contributed by atoms with Gasteiger partial charge in [-0.3, -0.25) is 4.99 Å². The van der Waals surface area contributed by atoms with E-state index >= 15 is 0 Å². The number of ether oxygens (including phenoxy) is 1. The number of hydrogen-bond donors (Lipinski definition) is 0. The summed E-state index contributed by atoms with van der Waals surface area (Å²) in [5.74, 6) is 1.47. The molecule has 0 N–H and O–H groups in total. The van der Waals surface area contributed by atoms with Gasteiger partial charge in [-0.15, -0.1) is 0 Å². The second-order valence-electron chi connectivity index (χ2n) is 6.23. The van der Waals surface area contributed by atoms with E-state index in [-0.39, 0.29) is 0 Å². The van der Waals surface area contributed by atoms with Gasteiger partial charge in [0.2, 0.25) is 0 Å². The van der Waals surface area contributed by atoms with Gasteiger partial charge in [-0.2, -0.15) is 0 Å². The van der Waals surface area contributed by atoms with Gasteiger partial charge in [-0.25, -0.2) is 0 Å². The Hall–Kier alpha value is -2.52. The maximum absolute atomic E-state index is 5.97. The van der Waals surface area contributed by atoms with Gasteiger partial charge >= 0.3 is 0 Å². The molecule has 3 aromatic rings. The Balaban J connectivity index is 1.69. The minimum atomic E-state index is 0.449. The molecular formula is C21H21ClN2O. The summed E-state index contributed by atoms with van der Waals surface area (Å²) in [4.78, 5) is 4.54. The second kappa shape index (κ2) is 7.58. The fourth-order valence-corrected chi connectivity index (χ4v) is 2.84. The van der Waals surface area contributed by atoms with Gasteiger partial charge in [0, 0.05) is 34.7 Å². The zero-order chi connectivity index (χ0) is 17.8. The van der Waals surface area contributed by atoms with Crippen LogP contribution in [0.5, 0.6) is 11.5 Å². The van der Waals surface area contributed by atoms with E-state index in [0.717, 1.165) is 17.0 Å². The van der Waals surface area contributed by atoms with E-state index in [1.165, 1.54) is 5.69 Å². The van der Waals surface area contributed by atoms with Crippen LogP contribution in [0.3, 0.4) is 0 Å². The van der Waals surface area contributed by atoms with Crippen molar-refractivity contribution < 1.29 is 4.74 Å². The van der Waals surface area contributed by atoms with Crippen LogP contribution in [0.25, 0.3) is 0 Å². The Kier molecular flexibility index (Phi) is 5.25. The molecule has 0 aliphatic heterocycles. The zero-order valence-electron chi connectivity index (χ0n) is 14.6. The highest BCUT2D eigenvalue weighted by molar-refractivity contribution is 6.30. The van der Waals surface area contributed by atoms with E-state index in [1.807, 2.05) is 48.7 Å². The fraction of sp³-hybridized carbons (Fsp3) is 0.190. The summed E-state index contributed by atoms with van der Waals surface area (Å²) in [6, 6.07) is 17.6. The van der Waals surface area contributed by atoms with Crippen LogP contribution < -0.4 is 4.74 Å². The van der Waals surface area contributed by atoms with Crippen molar-refractivity contribution in [3.8, 4) is 11.5 Å². The van der Waals surface area contributed by atoms with Crippen molar-refractivity contribution in [3.05, 3.63) is 77.1 Å². The molecule has 0 fully saturated rings. The normalized spacial score (nSPS) is 11.4. The number of halogens is 1. The minimum absolute atomic E-state index is 0.449. The zero-order valence-corrected chi connectivity index (χ0v) is 15.4. The monoisotopic (exact) mass is 352 g/mol. The first kappa shape index (κ1) is 17.3. The highest BCUT2D eigenvalue weighted by atomic mass is 35.5. The molecule has 0 amide bonds. The molecule has 1 heterocycles. The third-order valence-electron chi connectivity index (χ3n) is 3.86. The van der Waals surface area contributed by atoms with Crippen molar-refractivity contribution in [1.82, 2.24) is 4.57 Å². The molecule has 0 radical (unpaired) electrons. The van der Waals surface area contributed by atoms with Crippen LogP contribution in [-0.4, -0.2) is 10.8 Å². The van der Waals surface area contributed by atoms with Gasteiger partial charge in [0.05, 0.1) is 5.69 Å². The summed E-state index contributed by atoms with van der Waals surface area (Å²) in [6.07, 6.45) is 4.01. The van der Waals surface area contributed by atoms with Gasteiger partial charge in [-0.1, -0.05) is 17.7 Å². The average molecular weight is 353 g/mol. The number of aliphatic imine (C=N–C) groups is 1. The third kappa shape index (κ3) is 4.52. The molecule has 0 atom stereocenters. The number of hydrogen-bond acceptors (Lipinski definition) is 2. The van der Waals surface area contributed by atoms with Crippen molar-refractivity contribution in [2.24, 2.45) is 4.99 Å². The summed E-state index contributed by atoms with van der Waals surface area (Å²) < 4.78 is 8.02. The van der Waals surface area contributed by atoms with E-state index in [9.17, 15) is 0 Å². The lowest BCUT2D eigenvalue weighted by Gasteiger charge is -2.08. The first-order chi connectivity index (χ1) is 12.0. The van der Waals surface area contributed by atoms with E-state index in [2.05, 4.69) is 42.6 Å². The summed E-state index contributed by atoms with van der Waals surface area (Å²) in [6.45, 7) is 6.46.